The van der Waals surface area contributed by atoms with Gasteiger partial charge in [0.05, 0.1) is 12.2 Å². The Morgan fingerprint density at radius 3 is 2.95 bits per heavy atom. The summed E-state index contributed by atoms with van der Waals surface area (Å²) in [7, 11) is 0. The summed E-state index contributed by atoms with van der Waals surface area (Å²) in [5.74, 6) is -0.0764. The second-order valence-corrected chi connectivity index (χ2v) is 5.61. The minimum absolute atomic E-state index is 0.0764. The number of amides is 1. The molecule has 2 rings (SSSR count). The predicted molar refractivity (Wildman–Crippen MR) is 82.6 cm³/mol. The van der Waals surface area contributed by atoms with E-state index in [0.29, 0.717) is 12.2 Å². The Morgan fingerprint density at radius 1 is 1.45 bits per heavy atom. The number of nitrogens with zero attached hydrogens (tertiary/aromatic N) is 2. The molecule has 0 unspecified atom stereocenters. The lowest BCUT2D eigenvalue weighted by atomic mass is 10.3. The second-order valence-electron chi connectivity index (χ2n) is 4.69. The molecule has 2 aromatic heterocycles. The van der Waals surface area contributed by atoms with Crippen LogP contribution >= 0.6 is 15.9 Å². The molecule has 0 spiro atoms. The first-order chi connectivity index (χ1) is 9.60. The normalized spacial score (nSPS) is 10.6. The van der Waals surface area contributed by atoms with Gasteiger partial charge in [0.2, 0.25) is 0 Å². The predicted octanol–water partition coefficient (Wildman–Crippen LogP) is 3.29. The number of hydrogen-bond donors (Lipinski definition) is 1. The number of aryl methyl sites for hydroxylation is 2. The van der Waals surface area contributed by atoms with Crippen molar-refractivity contribution in [2.45, 2.75) is 33.4 Å². The van der Waals surface area contributed by atoms with Crippen molar-refractivity contribution < 1.29 is 4.79 Å². The molecule has 106 valence electrons. The van der Waals surface area contributed by atoms with E-state index in [2.05, 4.69) is 33.2 Å². The molecule has 2 aromatic rings. The highest BCUT2D eigenvalue weighted by Crippen LogP contribution is 2.15. The molecule has 0 aliphatic heterocycles. The molecular formula is C15H18BrN3O. The number of carbonyl (C=O) groups excluding carboxylic acids is 1. The van der Waals surface area contributed by atoms with Gasteiger partial charge in [-0.25, -0.2) is 0 Å². The average Bonchev–Trinajstić information content (AvgIpc) is 2.78. The Balaban J connectivity index is 2.05. The fraction of sp³-hybridized carbons (Fsp3) is 0.333. The van der Waals surface area contributed by atoms with Gasteiger partial charge in [-0.2, -0.15) is 0 Å². The zero-order valence-electron chi connectivity index (χ0n) is 11.7. The van der Waals surface area contributed by atoms with E-state index in [0.717, 1.165) is 28.8 Å². The minimum atomic E-state index is -0.0764. The molecular weight excluding hydrogens is 318 g/mol. The van der Waals surface area contributed by atoms with Crippen LogP contribution in [0.5, 0.6) is 0 Å². The summed E-state index contributed by atoms with van der Waals surface area (Å²) >= 11 is 3.41. The van der Waals surface area contributed by atoms with Crippen molar-refractivity contribution in [3.63, 3.8) is 0 Å². The fourth-order valence-electron chi connectivity index (χ4n) is 2.05. The lowest BCUT2D eigenvalue weighted by Crippen LogP contribution is -2.25. The molecule has 2 heterocycles. The van der Waals surface area contributed by atoms with Crippen LogP contribution in [0.4, 0.5) is 0 Å². The number of halogens is 1. The first kappa shape index (κ1) is 14.8. The molecule has 0 saturated heterocycles. The van der Waals surface area contributed by atoms with Gasteiger partial charge >= 0.3 is 0 Å². The van der Waals surface area contributed by atoms with E-state index in [1.165, 1.54) is 0 Å². The van der Waals surface area contributed by atoms with Gasteiger partial charge in [0, 0.05) is 22.9 Å². The smallest absolute Gasteiger partial charge is 0.268 e. The molecule has 5 heteroatoms. The largest absolute Gasteiger partial charge is 0.345 e. The zero-order chi connectivity index (χ0) is 14.5. The summed E-state index contributed by atoms with van der Waals surface area (Å²) in [6.07, 6.45) is 2.92. The van der Waals surface area contributed by atoms with Gasteiger partial charge in [-0.05, 0) is 47.5 Å². The van der Waals surface area contributed by atoms with Crippen molar-refractivity contribution >= 4 is 21.8 Å². The van der Waals surface area contributed by atoms with Crippen LogP contribution < -0.4 is 5.32 Å². The van der Waals surface area contributed by atoms with Crippen LogP contribution in [0.3, 0.4) is 0 Å². The third-order valence-corrected chi connectivity index (χ3v) is 3.37. The van der Waals surface area contributed by atoms with E-state index < -0.39 is 0 Å². The van der Waals surface area contributed by atoms with Crippen molar-refractivity contribution in [2.24, 2.45) is 0 Å². The van der Waals surface area contributed by atoms with E-state index in [1.54, 1.807) is 0 Å². The SMILES string of the molecule is CCCn1cc(Br)cc1C(=O)NCc1cccc(C)n1. The summed E-state index contributed by atoms with van der Waals surface area (Å²) in [5.41, 5.74) is 2.49. The number of hydrogen-bond acceptors (Lipinski definition) is 2. The first-order valence-electron chi connectivity index (χ1n) is 6.66. The molecule has 0 bridgehead atoms. The summed E-state index contributed by atoms with van der Waals surface area (Å²) in [6, 6.07) is 7.64. The van der Waals surface area contributed by atoms with Crippen molar-refractivity contribution in [1.29, 1.82) is 0 Å². The van der Waals surface area contributed by atoms with E-state index in [9.17, 15) is 4.79 Å². The lowest BCUT2D eigenvalue weighted by Gasteiger charge is -2.08. The molecule has 0 saturated carbocycles. The molecule has 1 amide bonds. The Morgan fingerprint density at radius 2 is 2.25 bits per heavy atom. The highest BCUT2D eigenvalue weighted by molar-refractivity contribution is 9.10. The maximum Gasteiger partial charge on any atom is 0.268 e. The van der Waals surface area contributed by atoms with Crippen molar-refractivity contribution in [3.05, 3.63) is 52.0 Å². The topological polar surface area (TPSA) is 46.9 Å². The maximum atomic E-state index is 12.2. The third kappa shape index (κ3) is 3.70. The number of rotatable bonds is 5. The molecule has 20 heavy (non-hydrogen) atoms. The summed E-state index contributed by atoms with van der Waals surface area (Å²) in [4.78, 5) is 16.6. The Hall–Kier alpha value is -1.62. The van der Waals surface area contributed by atoms with Crippen LogP contribution in [0.15, 0.2) is 34.9 Å². The van der Waals surface area contributed by atoms with Crippen LogP contribution in [-0.2, 0) is 13.1 Å². The monoisotopic (exact) mass is 335 g/mol. The standard InChI is InChI=1S/C15H18BrN3O/c1-3-7-19-10-12(16)8-14(19)15(20)17-9-13-6-4-5-11(2)18-13/h4-6,8,10H,3,7,9H2,1-2H3,(H,17,20). The van der Waals surface area contributed by atoms with Crippen molar-refractivity contribution in [3.8, 4) is 0 Å². The van der Waals surface area contributed by atoms with Crippen LogP contribution in [0, 0.1) is 6.92 Å². The average molecular weight is 336 g/mol. The number of nitrogens with one attached hydrogen (secondary N) is 1. The highest BCUT2D eigenvalue weighted by Gasteiger charge is 2.12. The van der Waals surface area contributed by atoms with E-state index in [-0.39, 0.29) is 5.91 Å². The van der Waals surface area contributed by atoms with Gasteiger partial charge in [0.15, 0.2) is 0 Å². The Kier molecular flexibility index (Phi) is 4.95. The number of pyridine rings is 1. The van der Waals surface area contributed by atoms with Crippen molar-refractivity contribution in [1.82, 2.24) is 14.9 Å². The summed E-state index contributed by atoms with van der Waals surface area (Å²) in [6.45, 7) is 5.30. The lowest BCUT2D eigenvalue weighted by molar-refractivity contribution is 0.0941. The summed E-state index contributed by atoms with van der Waals surface area (Å²) in [5, 5.41) is 2.91. The van der Waals surface area contributed by atoms with Crippen molar-refractivity contribution in [2.75, 3.05) is 0 Å². The fourth-order valence-corrected chi connectivity index (χ4v) is 2.51. The quantitative estimate of drug-likeness (QED) is 0.911. The minimum Gasteiger partial charge on any atom is -0.345 e. The Bertz CT molecular complexity index is 607. The summed E-state index contributed by atoms with van der Waals surface area (Å²) < 4.78 is 2.88. The maximum absolute atomic E-state index is 12.2. The molecule has 0 aliphatic carbocycles. The van der Waals surface area contributed by atoms with Crippen LogP contribution in [0.1, 0.15) is 35.2 Å². The van der Waals surface area contributed by atoms with E-state index >= 15 is 0 Å². The van der Waals surface area contributed by atoms with Gasteiger partial charge in [-0.3, -0.25) is 9.78 Å². The van der Waals surface area contributed by atoms with Gasteiger partial charge in [-0.1, -0.05) is 13.0 Å². The van der Waals surface area contributed by atoms with Crippen LogP contribution in [-0.4, -0.2) is 15.5 Å². The zero-order valence-corrected chi connectivity index (χ0v) is 13.3. The van der Waals surface area contributed by atoms with Gasteiger partial charge < -0.3 is 9.88 Å². The van der Waals surface area contributed by atoms with Crippen LogP contribution in [0.2, 0.25) is 0 Å². The van der Waals surface area contributed by atoms with Gasteiger partial charge in [-0.15, -0.1) is 0 Å². The number of carbonyl (C=O) groups is 1. The second kappa shape index (κ2) is 6.70. The molecule has 1 N–H and O–H groups in total. The molecule has 0 atom stereocenters. The van der Waals surface area contributed by atoms with E-state index in [1.807, 2.05) is 42.0 Å². The molecule has 0 radical (unpaired) electrons. The third-order valence-electron chi connectivity index (χ3n) is 2.94. The molecule has 0 aromatic carbocycles. The van der Waals surface area contributed by atoms with Gasteiger partial charge in [0.25, 0.3) is 5.91 Å². The molecule has 0 fully saturated rings. The first-order valence-corrected chi connectivity index (χ1v) is 7.46. The molecule has 4 nitrogen and oxygen atoms in total. The molecule has 0 aliphatic rings. The van der Waals surface area contributed by atoms with Gasteiger partial charge in [0.1, 0.15) is 5.69 Å². The highest BCUT2D eigenvalue weighted by atomic mass is 79.9. The van der Waals surface area contributed by atoms with Crippen LogP contribution in [0.25, 0.3) is 0 Å². The van der Waals surface area contributed by atoms with E-state index in [4.69, 9.17) is 0 Å². The number of aromatic nitrogens is 2. The Labute approximate surface area is 127 Å².